The molecule has 1 heterocycles. The molecule has 0 saturated heterocycles. The fraction of sp³-hybridized carbons (Fsp3) is 0.429. The monoisotopic (exact) mass is 262 g/mol. The van der Waals surface area contributed by atoms with E-state index in [0.717, 1.165) is 18.7 Å². The van der Waals surface area contributed by atoms with E-state index >= 15 is 0 Å². The van der Waals surface area contributed by atoms with Crippen LogP contribution >= 0.6 is 0 Å². The van der Waals surface area contributed by atoms with E-state index in [4.69, 9.17) is 0 Å². The molecule has 102 valence electrons. The van der Waals surface area contributed by atoms with Gasteiger partial charge in [0.2, 0.25) is 0 Å². The Labute approximate surface area is 112 Å². The Balaban J connectivity index is 1.92. The van der Waals surface area contributed by atoms with Crippen LogP contribution in [-0.2, 0) is 0 Å². The van der Waals surface area contributed by atoms with E-state index in [0.29, 0.717) is 5.69 Å². The Hall–Kier alpha value is -1.91. The molecule has 0 radical (unpaired) electrons. The SMILES string of the molecule is CCCCCCNc1ccc(-n2cncn2)c(F)c1. The summed E-state index contributed by atoms with van der Waals surface area (Å²) in [5.41, 5.74) is 1.21. The van der Waals surface area contributed by atoms with Gasteiger partial charge in [0.1, 0.15) is 18.3 Å². The van der Waals surface area contributed by atoms with E-state index in [9.17, 15) is 4.39 Å². The molecule has 0 unspecified atom stereocenters. The molecule has 0 aliphatic heterocycles. The zero-order chi connectivity index (χ0) is 13.5. The number of nitrogens with one attached hydrogen (secondary N) is 1. The van der Waals surface area contributed by atoms with Crippen LogP contribution in [-0.4, -0.2) is 21.3 Å². The lowest BCUT2D eigenvalue weighted by molar-refractivity contribution is 0.611. The summed E-state index contributed by atoms with van der Waals surface area (Å²) >= 11 is 0. The number of aromatic nitrogens is 3. The number of rotatable bonds is 7. The lowest BCUT2D eigenvalue weighted by atomic mass is 10.2. The Morgan fingerprint density at radius 3 is 2.84 bits per heavy atom. The van der Waals surface area contributed by atoms with Gasteiger partial charge >= 0.3 is 0 Å². The molecular formula is C14H19FN4. The molecule has 1 aromatic heterocycles. The Kier molecular flexibility index (Phi) is 4.89. The Morgan fingerprint density at radius 1 is 1.26 bits per heavy atom. The van der Waals surface area contributed by atoms with Gasteiger partial charge in [-0.2, -0.15) is 5.10 Å². The molecule has 1 aromatic carbocycles. The van der Waals surface area contributed by atoms with Crippen molar-refractivity contribution in [3.63, 3.8) is 0 Å². The molecule has 1 N–H and O–H groups in total. The van der Waals surface area contributed by atoms with Crippen LogP contribution in [0.4, 0.5) is 10.1 Å². The first-order valence-corrected chi connectivity index (χ1v) is 6.69. The van der Waals surface area contributed by atoms with Gasteiger partial charge in [0, 0.05) is 12.2 Å². The lowest BCUT2D eigenvalue weighted by Gasteiger charge is -2.08. The summed E-state index contributed by atoms with van der Waals surface area (Å²) < 4.78 is 15.3. The molecule has 0 saturated carbocycles. The van der Waals surface area contributed by atoms with Gasteiger partial charge < -0.3 is 5.32 Å². The van der Waals surface area contributed by atoms with Crippen LogP contribution in [0.5, 0.6) is 0 Å². The fourth-order valence-corrected chi connectivity index (χ4v) is 1.92. The summed E-state index contributed by atoms with van der Waals surface area (Å²) in [5, 5.41) is 7.15. The molecule has 0 aliphatic carbocycles. The van der Waals surface area contributed by atoms with Crippen molar-refractivity contribution < 1.29 is 4.39 Å². The number of halogens is 1. The van der Waals surface area contributed by atoms with Crippen molar-refractivity contribution in [1.29, 1.82) is 0 Å². The summed E-state index contributed by atoms with van der Waals surface area (Å²) in [4.78, 5) is 3.81. The quantitative estimate of drug-likeness (QED) is 0.778. The van der Waals surface area contributed by atoms with E-state index in [1.165, 1.54) is 42.7 Å². The van der Waals surface area contributed by atoms with Gasteiger partial charge in [0.25, 0.3) is 0 Å². The molecule has 5 heteroatoms. The smallest absolute Gasteiger partial charge is 0.150 e. The second-order valence-corrected chi connectivity index (χ2v) is 4.49. The number of hydrogen-bond acceptors (Lipinski definition) is 3. The number of nitrogens with zero attached hydrogens (tertiary/aromatic N) is 3. The highest BCUT2D eigenvalue weighted by atomic mass is 19.1. The molecule has 19 heavy (non-hydrogen) atoms. The van der Waals surface area contributed by atoms with E-state index in [-0.39, 0.29) is 5.82 Å². The first-order valence-electron chi connectivity index (χ1n) is 6.69. The third kappa shape index (κ3) is 3.77. The molecule has 0 amide bonds. The van der Waals surface area contributed by atoms with Gasteiger partial charge in [-0.15, -0.1) is 0 Å². The van der Waals surface area contributed by atoms with Gasteiger partial charge in [0.05, 0.1) is 0 Å². The van der Waals surface area contributed by atoms with E-state index < -0.39 is 0 Å². The molecule has 4 nitrogen and oxygen atoms in total. The van der Waals surface area contributed by atoms with Crippen LogP contribution in [0.25, 0.3) is 5.69 Å². The highest BCUT2D eigenvalue weighted by Gasteiger charge is 2.05. The van der Waals surface area contributed by atoms with Crippen LogP contribution < -0.4 is 5.32 Å². The van der Waals surface area contributed by atoms with Crippen molar-refractivity contribution in [2.45, 2.75) is 32.6 Å². The van der Waals surface area contributed by atoms with Crippen LogP contribution in [0.2, 0.25) is 0 Å². The van der Waals surface area contributed by atoms with Gasteiger partial charge in [-0.25, -0.2) is 14.1 Å². The number of hydrogen-bond donors (Lipinski definition) is 1. The molecule has 0 aliphatic rings. The molecular weight excluding hydrogens is 243 g/mol. The highest BCUT2D eigenvalue weighted by Crippen LogP contribution is 2.17. The van der Waals surface area contributed by atoms with Crippen LogP contribution in [0, 0.1) is 5.82 Å². The van der Waals surface area contributed by atoms with Crippen molar-refractivity contribution in [2.75, 3.05) is 11.9 Å². The predicted octanol–water partition coefficient (Wildman–Crippen LogP) is 3.40. The number of anilines is 1. The Morgan fingerprint density at radius 2 is 2.16 bits per heavy atom. The number of benzene rings is 1. The fourth-order valence-electron chi connectivity index (χ4n) is 1.92. The van der Waals surface area contributed by atoms with Crippen molar-refractivity contribution in [1.82, 2.24) is 14.8 Å². The maximum Gasteiger partial charge on any atom is 0.150 e. The summed E-state index contributed by atoms with van der Waals surface area (Å²) in [7, 11) is 0. The number of unbranched alkanes of at least 4 members (excludes halogenated alkanes) is 3. The summed E-state index contributed by atoms with van der Waals surface area (Å²) in [6.07, 6.45) is 7.67. The standard InChI is InChI=1S/C14H19FN4/c1-2-3-4-5-8-17-12-6-7-14(13(15)9-12)19-11-16-10-18-19/h6-7,9-11,17H,2-5,8H2,1H3. The normalized spacial score (nSPS) is 10.6. The molecule has 0 bridgehead atoms. The second-order valence-electron chi connectivity index (χ2n) is 4.49. The predicted molar refractivity (Wildman–Crippen MR) is 73.9 cm³/mol. The summed E-state index contributed by atoms with van der Waals surface area (Å²) in [6.45, 7) is 3.06. The van der Waals surface area contributed by atoms with Gasteiger partial charge in [-0.05, 0) is 24.6 Å². The van der Waals surface area contributed by atoms with Gasteiger partial charge in [0.15, 0.2) is 5.82 Å². The first kappa shape index (κ1) is 13.5. The van der Waals surface area contributed by atoms with Gasteiger partial charge in [-0.3, -0.25) is 0 Å². The zero-order valence-corrected chi connectivity index (χ0v) is 11.1. The van der Waals surface area contributed by atoms with Crippen molar-refractivity contribution in [3.05, 3.63) is 36.7 Å². The minimum atomic E-state index is -0.302. The van der Waals surface area contributed by atoms with E-state index in [1.54, 1.807) is 6.07 Å². The maximum atomic E-state index is 13.9. The minimum Gasteiger partial charge on any atom is -0.385 e. The highest BCUT2D eigenvalue weighted by molar-refractivity contribution is 5.49. The zero-order valence-electron chi connectivity index (χ0n) is 11.1. The average Bonchev–Trinajstić information content (AvgIpc) is 2.92. The van der Waals surface area contributed by atoms with Crippen LogP contribution in [0.15, 0.2) is 30.9 Å². The lowest BCUT2D eigenvalue weighted by Crippen LogP contribution is -2.03. The topological polar surface area (TPSA) is 42.7 Å². The van der Waals surface area contributed by atoms with E-state index in [2.05, 4.69) is 22.3 Å². The Bertz CT molecular complexity index is 496. The van der Waals surface area contributed by atoms with Crippen molar-refractivity contribution in [2.24, 2.45) is 0 Å². The van der Waals surface area contributed by atoms with Crippen LogP contribution in [0.3, 0.4) is 0 Å². The van der Waals surface area contributed by atoms with Crippen molar-refractivity contribution >= 4 is 5.69 Å². The maximum absolute atomic E-state index is 13.9. The molecule has 0 fully saturated rings. The third-order valence-electron chi connectivity index (χ3n) is 2.97. The molecule has 0 spiro atoms. The first-order chi connectivity index (χ1) is 9.31. The summed E-state index contributed by atoms with van der Waals surface area (Å²) in [5.74, 6) is -0.302. The summed E-state index contributed by atoms with van der Waals surface area (Å²) in [6, 6.07) is 5.06. The molecule has 0 atom stereocenters. The van der Waals surface area contributed by atoms with Crippen molar-refractivity contribution in [3.8, 4) is 5.69 Å². The molecule has 2 aromatic rings. The van der Waals surface area contributed by atoms with Gasteiger partial charge in [-0.1, -0.05) is 26.2 Å². The minimum absolute atomic E-state index is 0.302. The third-order valence-corrected chi connectivity index (χ3v) is 2.97. The van der Waals surface area contributed by atoms with Crippen LogP contribution in [0.1, 0.15) is 32.6 Å². The van der Waals surface area contributed by atoms with E-state index in [1.807, 2.05) is 6.07 Å². The average molecular weight is 262 g/mol. The second kappa shape index (κ2) is 6.87. The largest absolute Gasteiger partial charge is 0.385 e. The molecule has 2 rings (SSSR count).